The molecule has 132 valence electrons. The minimum absolute atomic E-state index is 0.354. The third-order valence-electron chi connectivity index (χ3n) is 6.91. The van der Waals surface area contributed by atoms with Crippen LogP contribution in [0.5, 0.6) is 0 Å². The average molecular weight is 321 g/mol. The van der Waals surface area contributed by atoms with E-state index in [1.165, 1.54) is 44.9 Å². The van der Waals surface area contributed by atoms with Gasteiger partial charge in [-0.1, -0.05) is 45.4 Å². The maximum atomic E-state index is 10.4. The fourth-order valence-electron chi connectivity index (χ4n) is 4.93. The van der Waals surface area contributed by atoms with E-state index in [1.54, 1.807) is 19.3 Å². The van der Waals surface area contributed by atoms with Crippen molar-refractivity contribution in [1.82, 2.24) is 0 Å². The molecule has 2 heteroatoms. The van der Waals surface area contributed by atoms with E-state index in [1.807, 2.05) is 0 Å². The van der Waals surface area contributed by atoms with E-state index < -0.39 is 5.97 Å². The predicted molar refractivity (Wildman–Crippen MR) is 94.3 cm³/mol. The molecule has 1 N–H and O–H groups in total. The summed E-state index contributed by atoms with van der Waals surface area (Å²) in [4.78, 5) is 10.4. The molecule has 23 heavy (non-hydrogen) atoms. The highest BCUT2D eigenvalue weighted by Gasteiger charge is 2.48. The number of hydrogen-bond acceptors (Lipinski definition) is 1. The van der Waals surface area contributed by atoms with Crippen LogP contribution in [0.25, 0.3) is 0 Å². The van der Waals surface area contributed by atoms with Crippen LogP contribution in [0, 0.1) is 35.5 Å². The summed E-state index contributed by atoms with van der Waals surface area (Å²) in [5.41, 5.74) is 0. The van der Waals surface area contributed by atoms with Crippen molar-refractivity contribution in [2.24, 2.45) is 35.5 Å². The van der Waals surface area contributed by atoms with Gasteiger partial charge in [0.1, 0.15) is 0 Å². The van der Waals surface area contributed by atoms with E-state index in [4.69, 9.17) is 5.11 Å². The van der Waals surface area contributed by atoms with Crippen molar-refractivity contribution < 1.29 is 9.90 Å². The molecule has 0 heterocycles. The molecule has 0 radical (unpaired) electrons. The third-order valence-corrected chi connectivity index (χ3v) is 6.91. The van der Waals surface area contributed by atoms with Gasteiger partial charge in [-0.2, -0.15) is 0 Å². The fraction of sp³-hybridized carbons (Fsp3) is 0.952. The molecule has 0 bridgehead atoms. The smallest absolute Gasteiger partial charge is 0.303 e. The molecule has 3 saturated carbocycles. The summed E-state index contributed by atoms with van der Waals surface area (Å²) < 4.78 is 0. The minimum atomic E-state index is -0.642. The number of rotatable bonds is 13. The van der Waals surface area contributed by atoms with Crippen LogP contribution in [-0.2, 0) is 4.79 Å². The molecule has 4 unspecified atom stereocenters. The third kappa shape index (κ3) is 5.80. The van der Waals surface area contributed by atoms with Gasteiger partial charge in [0.15, 0.2) is 0 Å². The Hall–Kier alpha value is -0.530. The molecule has 0 aliphatic heterocycles. The van der Waals surface area contributed by atoms with E-state index in [-0.39, 0.29) is 0 Å². The van der Waals surface area contributed by atoms with Crippen molar-refractivity contribution in [3.63, 3.8) is 0 Å². The van der Waals surface area contributed by atoms with Crippen molar-refractivity contribution >= 4 is 5.97 Å². The Labute approximate surface area is 142 Å². The van der Waals surface area contributed by atoms with Crippen molar-refractivity contribution in [3.05, 3.63) is 0 Å². The fourth-order valence-corrected chi connectivity index (χ4v) is 4.93. The second kappa shape index (κ2) is 8.03. The van der Waals surface area contributed by atoms with Gasteiger partial charge in [-0.05, 0) is 74.0 Å². The lowest BCUT2D eigenvalue weighted by Gasteiger charge is -2.02. The molecule has 0 aromatic carbocycles. The molecule has 3 fully saturated rings. The molecule has 0 spiro atoms. The number of carbonyl (C=O) groups is 1. The first-order valence-electron chi connectivity index (χ1n) is 10.4. The van der Waals surface area contributed by atoms with E-state index in [2.05, 4.69) is 6.92 Å². The summed E-state index contributed by atoms with van der Waals surface area (Å²) in [6.45, 7) is 2.36. The van der Waals surface area contributed by atoms with E-state index in [0.717, 1.165) is 48.3 Å². The van der Waals surface area contributed by atoms with Gasteiger partial charge in [0.05, 0.1) is 0 Å². The van der Waals surface area contributed by atoms with Gasteiger partial charge >= 0.3 is 5.97 Å². The zero-order valence-electron chi connectivity index (χ0n) is 15.0. The van der Waals surface area contributed by atoms with Gasteiger partial charge in [-0.25, -0.2) is 0 Å². The number of hydrogen-bond donors (Lipinski definition) is 1. The Morgan fingerprint density at radius 3 is 1.96 bits per heavy atom. The summed E-state index contributed by atoms with van der Waals surface area (Å²) in [5.74, 6) is 5.94. The Kier molecular flexibility index (Phi) is 6.04. The molecule has 0 saturated heterocycles. The zero-order valence-corrected chi connectivity index (χ0v) is 15.0. The second-order valence-electron chi connectivity index (χ2n) is 8.85. The first kappa shape index (κ1) is 17.3. The highest BCUT2D eigenvalue weighted by molar-refractivity contribution is 5.66. The van der Waals surface area contributed by atoms with Crippen LogP contribution in [0.4, 0.5) is 0 Å². The van der Waals surface area contributed by atoms with Gasteiger partial charge in [-0.15, -0.1) is 0 Å². The summed E-state index contributed by atoms with van der Waals surface area (Å²) in [6, 6.07) is 0. The predicted octanol–water partition coefficient (Wildman–Crippen LogP) is 5.90. The topological polar surface area (TPSA) is 37.3 Å². The second-order valence-corrected chi connectivity index (χ2v) is 8.85. The lowest BCUT2D eigenvalue weighted by molar-refractivity contribution is -0.137. The first-order valence-corrected chi connectivity index (χ1v) is 10.4. The van der Waals surface area contributed by atoms with Gasteiger partial charge < -0.3 is 5.11 Å². The standard InChI is InChI=1S/C21H36O2/c1-2-15-10-17(15)12-19-14-20(19)13-18-11-16(18)8-6-4-3-5-7-9-21(22)23/h15-20H,2-14H2,1H3,(H,22,23)/t15?,16?,17-,18?,19?,20+/m1/s1. The molecule has 0 aromatic heterocycles. The van der Waals surface area contributed by atoms with Gasteiger partial charge in [0.2, 0.25) is 0 Å². The zero-order chi connectivity index (χ0) is 16.2. The number of unbranched alkanes of at least 4 members (excludes halogenated alkanes) is 4. The molecule has 3 aliphatic carbocycles. The Morgan fingerprint density at radius 1 is 0.783 bits per heavy atom. The van der Waals surface area contributed by atoms with Crippen LogP contribution in [0.1, 0.15) is 90.4 Å². The normalized spacial score (nSPS) is 37.6. The first-order chi connectivity index (χ1) is 11.2. The van der Waals surface area contributed by atoms with Crippen LogP contribution in [-0.4, -0.2) is 11.1 Å². The lowest BCUT2D eigenvalue weighted by atomic mass is 10.0. The highest BCUT2D eigenvalue weighted by atomic mass is 16.4. The molecule has 6 atom stereocenters. The summed E-state index contributed by atoms with van der Waals surface area (Å²) in [6.07, 6.45) is 16.8. The molecule has 2 nitrogen and oxygen atoms in total. The molecular formula is C21H36O2. The van der Waals surface area contributed by atoms with Crippen molar-refractivity contribution in [3.8, 4) is 0 Å². The highest BCUT2D eigenvalue weighted by Crippen LogP contribution is 2.58. The minimum Gasteiger partial charge on any atom is -0.481 e. The van der Waals surface area contributed by atoms with Gasteiger partial charge in [0, 0.05) is 6.42 Å². The molecule has 3 aliphatic rings. The van der Waals surface area contributed by atoms with Gasteiger partial charge in [-0.3, -0.25) is 4.79 Å². The van der Waals surface area contributed by atoms with Crippen LogP contribution < -0.4 is 0 Å². The van der Waals surface area contributed by atoms with E-state index in [9.17, 15) is 4.79 Å². The van der Waals surface area contributed by atoms with Crippen molar-refractivity contribution in [2.75, 3.05) is 0 Å². The van der Waals surface area contributed by atoms with Crippen molar-refractivity contribution in [2.45, 2.75) is 90.4 Å². The maximum Gasteiger partial charge on any atom is 0.303 e. The summed E-state index contributed by atoms with van der Waals surface area (Å²) >= 11 is 0. The van der Waals surface area contributed by atoms with Crippen LogP contribution in [0.3, 0.4) is 0 Å². The molecule has 3 rings (SSSR count). The van der Waals surface area contributed by atoms with E-state index in [0.29, 0.717) is 6.42 Å². The maximum absolute atomic E-state index is 10.4. The van der Waals surface area contributed by atoms with Gasteiger partial charge in [0.25, 0.3) is 0 Å². The summed E-state index contributed by atoms with van der Waals surface area (Å²) in [5, 5.41) is 8.60. The van der Waals surface area contributed by atoms with Crippen molar-refractivity contribution in [1.29, 1.82) is 0 Å². The SMILES string of the molecule is CCC1C[C@@H]1CC1C[C@@H]1CC1CC1CCCCCCCC(=O)O. The monoisotopic (exact) mass is 320 g/mol. The molecular weight excluding hydrogens is 284 g/mol. The number of carboxylic acid groups (broad SMARTS) is 1. The van der Waals surface area contributed by atoms with Crippen LogP contribution in [0.15, 0.2) is 0 Å². The Morgan fingerprint density at radius 2 is 1.30 bits per heavy atom. The molecule has 0 aromatic rings. The quantitative estimate of drug-likeness (QED) is 0.429. The Balaban J connectivity index is 1.13. The van der Waals surface area contributed by atoms with E-state index >= 15 is 0 Å². The molecule has 0 amide bonds. The summed E-state index contributed by atoms with van der Waals surface area (Å²) in [7, 11) is 0. The van der Waals surface area contributed by atoms with Crippen LogP contribution >= 0.6 is 0 Å². The number of aliphatic carboxylic acids is 1. The average Bonchev–Trinajstić information content (AvgIpc) is 3.40. The number of carboxylic acids is 1. The largest absolute Gasteiger partial charge is 0.481 e. The Bertz CT molecular complexity index is 391. The lowest BCUT2D eigenvalue weighted by Crippen LogP contribution is -1.93. The van der Waals surface area contributed by atoms with Crippen LogP contribution in [0.2, 0.25) is 0 Å².